The molecular formula is C19H22O. The Labute approximate surface area is 121 Å². The van der Waals surface area contributed by atoms with Crippen LogP contribution < -0.4 is 0 Å². The van der Waals surface area contributed by atoms with Crippen LogP contribution in [0.4, 0.5) is 0 Å². The van der Waals surface area contributed by atoms with Crippen molar-refractivity contribution in [3.8, 4) is 0 Å². The Morgan fingerprint density at radius 3 is 2.65 bits per heavy atom. The molecule has 2 aromatic rings. The van der Waals surface area contributed by atoms with E-state index in [0.717, 1.165) is 25.0 Å². The molecule has 104 valence electrons. The van der Waals surface area contributed by atoms with Gasteiger partial charge in [0.05, 0.1) is 12.9 Å². The minimum atomic E-state index is 0.738. The highest BCUT2D eigenvalue weighted by Gasteiger charge is 1.98. The molecule has 0 aliphatic heterocycles. The summed E-state index contributed by atoms with van der Waals surface area (Å²) in [5, 5.41) is 2.54. The number of hydrogen-bond donors (Lipinski definition) is 0. The summed E-state index contributed by atoms with van der Waals surface area (Å²) < 4.78 is 5.60. The highest BCUT2D eigenvalue weighted by atomic mass is 16.5. The number of hydrogen-bond acceptors (Lipinski definition) is 1. The Hall–Kier alpha value is -2.02. The van der Waals surface area contributed by atoms with Crippen LogP contribution in [0.5, 0.6) is 0 Å². The van der Waals surface area contributed by atoms with Gasteiger partial charge >= 0.3 is 0 Å². The zero-order valence-electron chi connectivity index (χ0n) is 12.3. The molecule has 1 heteroatoms. The van der Waals surface area contributed by atoms with Crippen molar-refractivity contribution >= 4 is 16.3 Å². The van der Waals surface area contributed by atoms with Gasteiger partial charge in [-0.2, -0.15) is 0 Å². The van der Waals surface area contributed by atoms with E-state index in [1.807, 2.05) is 6.26 Å². The van der Waals surface area contributed by atoms with Crippen LogP contribution in [-0.4, -0.2) is 6.61 Å². The van der Waals surface area contributed by atoms with Gasteiger partial charge in [-0.05, 0) is 47.7 Å². The Morgan fingerprint density at radius 2 is 1.85 bits per heavy atom. The highest BCUT2D eigenvalue weighted by Crippen LogP contribution is 2.20. The van der Waals surface area contributed by atoms with Crippen LogP contribution in [0.25, 0.3) is 16.3 Å². The summed E-state index contributed by atoms with van der Waals surface area (Å²) in [6, 6.07) is 14.9. The molecule has 0 N–H and O–H groups in total. The standard InChI is InChI=1S/C19H22O/c1-3-4-5-8-13-20-15-16(2)18-12-11-17-9-6-7-10-19(17)14-18/h4-7,9-12,14-15H,3,8,13H2,1-2H3/b5-4-,16-15?. The summed E-state index contributed by atoms with van der Waals surface area (Å²) >= 11 is 0. The van der Waals surface area contributed by atoms with Gasteiger partial charge < -0.3 is 4.74 Å². The number of rotatable bonds is 6. The smallest absolute Gasteiger partial charge is 0.0907 e. The Morgan fingerprint density at radius 1 is 1.05 bits per heavy atom. The number of allylic oxidation sites excluding steroid dienone is 2. The summed E-state index contributed by atoms with van der Waals surface area (Å²) in [6.07, 6.45) is 8.26. The van der Waals surface area contributed by atoms with Crippen LogP contribution in [0.1, 0.15) is 32.3 Å². The van der Waals surface area contributed by atoms with Crippen molar-refractivity contribution in [2.24, 2.45) is 0 Å². The first-order chi connectivity index (χ1) is 9.81. The Balaban J connectivity index is 1.99. The van der Waals surface area contributed by atoms with E-state index in [-0.39, 0.29) is 0 Å². The third kappa shape index (κ3) is 3.99. The number of ether oxygens (including phenoxy) is 1. The largest absolute Gasteiger partial charge is 0.501 e. The van der Waals surface area contributed by atoms with Crippen LogP contribution in [0, 0.1) is 0 Å². The normalized spacial score (nSPS) is 12.2. The lowest BCUT2D eigenvalue weighted by molar-refractivity contribution is 0.257. The SMILES string of the molecule is CC/C=C\CCOC=C(C)c1ccc2ccccc2c1. The van der Waals surface area contributed by atoms with E-state index < -0.39 is 0 Å². The first-order valence-electron chi connectivity index (χ1n) is 7.24. The average Bonchev–Trinajstić information content (AvgIpc) is 2.50. The van der Waals surface area contributed by atoms with Gasteiger partial charge in [-0.3, -0.25) is 0 Å². The summed E-state index contributed by atoms with van der Waals surface area (Å²) in [7, 11) is 0. The monoisotopic (exact) mass is 266 g/mol. The molecule has 0 aliphatic rings. The quantitative estimate of drug-likeness (QED) is 0.377. The van der Waals surface area contributed by atoms with Crippen LogP contribution in [0.3, 0.4) is 0 Å². The van der Waals surface area contributed by atoms with E-state index in [1.165, 1.54) is 16.3 Å². The predicted molar refractivity (Wildman–Crippen MR) is 87.6 cm³/mol. The van der Waals surface area contributed by atoms with Crippen molar-refractivity contribution in [2.45, 2.75) is 26.7 Å². The summed E-state index contributed by atoms with van der Waals surface area (Å²) in [4.78, 5) is 0. The first kappa shape index (κ1) is 14.4. The van der Waals surface area contributed by atoms with Crippen molar-refractivity contribution in [3.05, 3.63) is 66.4 Å². The number of fused-ring (bicyclic) bond motifs is 1. The lowest BCUT2D eigenvalue weighted by atomic mass is 10.0. The maximum Gasteiger partial charge on any atom is 0.0907 e. The molecule has 0 fully saturated rings. The van der Waals surface area contributed by atoms with Crippen molar-refractivity contribution in [1.82, 2.24) is 0 Å². The summed E-state index contributed by atoms with van der Waals surface area (Å²) in [6.45, 7) is 4.97. The van der Waals surface area contributed by atoms with E-state index in [2.05, 4.69) is 68.5 Å². The maximum atomic E-state index is 5.60. The molecule has 0 aliphatic carbocycles. The minimum absolute atomic E-state index is 0.738. The molecule has 0 bridgehead atoms. The van der Waals surface area contributed by atoms with Crippen molar-refractivity contribution in [3.63, 3.8) is 0 Å². The lowest BCUT2D eigenvalue weighted by Gasteiger charge is -2.05. The van der Waals surface area contributed by atoms with Gasteiger partial charge in [0.25, 0.3) is 0 Å². The van der Waals surface area contributed by atoms with Crippen molar-refractivity contribution in [2.75, 3.05) is 6.61 Å². The first-order valence-corrected chi connectivity index (χ1v) is 7.24. The van der Waals surface area contributed by atoms with Crippen molar-refractivity contribution < 1.29 is 4.74 Å². The summed E-state index contributed by atoms with van der Waals surface area (Å²) in [5.41, 5.74) is 2.38. The fourth-order valence-corrected chi connectivity index (χ4v) is 2.11. The average molecular weight is 266 g/mol. The van der Waals surface area contributed by atoms with Gasteiger partial charge in [0.1, 0.15) is 0 Å². The molecule has 0 radical (unpaired) electrons. The molecule has 0 spiro atoms. The zero-order chi connectivity index (χ0) is 14.2. The van der Waals surface area contributed by atoms with E-state index in [4.69, 9.17) is 4.74 Å². The third-order valence-corrected chi connectivity index (χ3v) is 3.27. The zero-order valence-corrected chi connectivity index (χ0v) is 12.3. The van der Waals surface area contributed by atoms with Crippen molar-refractivity contribution in [1.29, 1.82) is 0 Å². The van der Waals surface area contributed by atoms with Gasteiger partial charge in [-0.25, -0.2) is 0 Å². The molecular weight excluding hydrogens is 244 g/mol. The second-order valence-corrected chi connectivity index (χ2v) is 4.90. The van der Waals surface area contributed by atoms with Gasteiger partial charge in [-0.15, -0.1) is 0 Å². The molecule has 1 nitrogen and oxygen atoms in total. The molecule has 0 amide bonds. The molecule has 0 heterocycles. The number of benzene rings is 2. The van der Waals surface area contributed by atoms with Crippen LogP contribution in [0.2, 0.25) is 0 Å². The second-order valence-electron chi connectivity index (χ2n) is 4.90. The molecule has 0 aromatic heterocycles. The molecule has 2 aromatic carbocycles. The van der Waals surface area contributed by atoms with Gasteiger partial charge in [0.2, 0.25) is 0 Å². The van der Waals surface area contributed by atoms with E-state index >= 15 is 0 Å². The predicted octanol–water partition coefficient (Wildman–Crippen LogP) is 5.57. The second kappa shape index (κ2) is 7.54. The van der Waals surface area contributed by atoms with Gasteiger partial charge in [0, 0.05) is 0 Å². The maximum absolute atomic E-state index is 5.60. The molecule has 0 saturated heterocycles. The molecule has 0 unspecified atom stereocenters. The topological polar surface area (TPSA) is 9.23 Å². The fraction of sp³-hybridized carbons (Fsp3) is 0.263. The summed E-state index contributed by atoms with van der Waals surface area (Å²) in [5.74, 6) is 0. The minimum Gasteiger partial charge on any atom is -0.501 e. The van der Waals surface area contributed by atoms with Crippen LogP contribution in [-0.2, 0) is 4.74 Å². The van der Waals surface area contributed by atoms with E-state index in [9.17, 15) is 0 Å². The van der Waals surface area contributed by atoms with Gasteiger partial charge in [-0.1, -0.05) is 55.5 Å². The fourth-order valence-electron chi connectivity index (χ4n) is 2.11. The highest BCUT2D eigenvalue weighted by molar-refractivity contribution is 5.85. The Kier molecular flexibility index (Phi) is 5.43. The third-order valence-electron chi connectivity index (χ3n) is 3.27. The van der Waals surface area contributed by atoms with Crippen LogP contribution in [0.15, 0.2) is 60.9 Å². The lowest BCUT2D eigenvalue weighted by Crippen LogP contribution is -1.87. The van der Waals surface area contributed by atoms with E-state index in [0.29, 0.717) is 0 Å². The Bertz CT molecular complexity index is 608. The molecule has 0 saturated carbocycles. The van der Waals surface area contributed by atoms with Gasteiger partial charge in [0.15, 0.2) is 0 Å². The van der Waals surface area contributed by atoms with Crippen LogP contribution >= 0.6 is 0 Å². The van der Waals surface area contributed by atoms with E-state index in [1.54, 1.807) is 0 Å². The molecule has 2 rings (SSSR count). The molecule has 20 heavy (non-hydrogen) atoms. The molecule has 0 atom stereocenters.